The van der Waals surface area contributed by atoms with E-state index in [0.717, 1.165) is 22.2 Å². The topological polar surface area (TPSA) is 65.1 Å². The Kier molecular flexibility index (Phi) is 7.45. The Morgan fingerprint density at radius 2 is 1.68 bits per heavy atom. The summed E-state index contributed by atoms with van der Waals surface area (Å²) < 4.78 is 16.8. The number of rotatable bonds is 8. The second kappa shape index (κ2) is 10.7. The molecule has 6 nitrogen and oxygen atoms in total. The zero-order valence-electron chi connectivity index (χ0n) is 18.6. The summed E-state index contributed by atoms with van der Waals surface area (Å²) >= 11 is 6.82. The average Bonchev–Trinajstić information content (AvgIpc) is 3.12. The van der Waals surface area contributed by atoms with E-state index in [1.54, 1.807) is 61.7 Å². The van der Waals surface area contributed by atoms with Crippen LogP contribution in [0.25, 0.3) is 6.08 Å². The number of hydrogen-bond acceptors (Lipinski definition) is 6. The van der Waals surface area contributed by atoms with E-state index in [4.69, 9.17) is 25.8 Å². The van der Waals surface area contributed by atoms with E-state index >= 15 is 0 Å². The number of amides is 2. The molecule has 34 heavy (non-hydrogen) atoms. The molecule has 1 saturated heterocycles. The summed E-state index contributed by atoms with van der Waals surface area (Å²) in [6.45, 7) is 2.79. The summed E-state index contributed by atoms with van der Waals surface area (Å²) in [7, 11) is 1.55. The molecule has 0 bridgehead atoms. The van der Waals surface area contributed by atoms with Crippen LogP contribution in [-0.2, 0) is 11.4 Å². The molecule has 0 spiro atoms. The lowest BCUT2D eigenvalue weighted by atomic mass is 10.1. The fraction of sp³-hybridized carbons (Fsp3) is 0.154. The highest BCUT2D eigenvalue weighted by molar-refractivity contribution is 8.19. The van der Waals surface area contributed by atoms with Gasteiger partial charge in [0.2, 0.25) is 0 Å². The third kappa shape index (κ3) is 5.38. The van der Waals surface area contributed by atoms with Gasteiger partial charge in [0.15, 0.2) is 11.5 Å². The van der Waals surface area contributed by atoms with Crippen molar-refractivity contribution in [2.75, 3.05) is 18.6 Å². The van der Waals surface area contributed by atoms with Gasteiger partial charge in [0.25, 0.3) is 11.1 Å². The fourth-order valence-corrected chi connectivity index (χ4v) is 4.30. The molecule has 2 amide bonds. The third-order valence-corrected chi connectivity index (χ3v) is 6.11. The van der Waals surface area contributed by atoms with Gasteiger partial charge in [-0.15, -0.1) is 0 Å². The van der Waals surface area contributed by atoms with Crippen LogP contribution < -0.4 is 19.1 Å². The van der Waals surface area contributed by atoms with E-state index < -0.39 is 0 Å². The van der Waals surface area contributed by atoms with E-state index in [1.807, 2.05) is 25.1 Å². The van der Waals surface area contributed by atoms with Gasteiger partial charge in [-0.1, -0.05) is 29.8 Å². The van der Waals surface area contributed by atoms with E-state index in [-0.39, 0.29) is 11.1 Å². The van der Waals surface area contributed by atoms with Gasteiger partial charge in [0, 0.05) is 5.02 Å². The molecule has 1 heterocycles. The number of benzene rings is 3. The van der Waals surface area contributed by atoms with Gasteiger partial charge < -0.3 is 14.2 Å². The molecule has 1 fully saturated rings. The monoisotopic (exact) mass is 495 g/mol. The normalized spacial score (nSPS) is 14.6. The van der Waals surface area contributed by atoms with Crippen LogP contribution in [0.5, 0.6) is 17.2 Å². The van der Waals surface area contributed by atoms with Crippen molar-refractivity contribution in [3.63, 3.8) is 0 Å². The number of imide groups is 1. The van der Waals surface area contributed by atoms with Crippen molar-refractivity contribution in [3.05, 3.63) is 87.8 Å². The van der Waals surface area contributed by atoms with Crippen LogP contribution >= 0.6 is 23.4 Å². The van der Waals surface area contributed by atoms with Gasteiger partial charge in [-0.2, -0.15) is 0 Å². The molecule has 3 aromatic rings. The molecule has 174 valence electrons. The van der Waals surface area contributed by atoms with Crippen LogP contribution in [-0.4, -0.2) is 24.9 Å². The Morgan fingerprint density at radius 1 is 0.941 bits per heavy atom. The van der Waals surface area contributed by atoms with E-state index in [0.29, 0.717) is 51.6 Å². The van der Waals surface area contributed by atoms with E-state index in [9.17, 15) is 9.59 Å². The number of halogens is 1. The molecule has 0 unspecified atom stereocenters. The highest BCUT2D eigenvalue weighted by Gasteiger charge is 2.36. The van der Waals surface area contributed by atoms with Crippen LogP contribution in [0.15, 0.2) is 71.6 Å². The summed E-state index contributed by atoms with van der Waals surface area (Å²) in [5.41, 5.74) is 2.18. The summed E-state index contributed by atoms with van der Waals surface area (Å²) in [6.07, 6.45) is 1.67. The minimum Gasteiger partial charge on any atom is -0.494 e. The highest BCUT2D eigenvalue weighted by atomic mass is 35.5. The van der Waals surface area contributed by atoms with Gasteiger partial charge >= 0.3 is 0 Å². The van der Waals surface area contributed by atoms with Gasteiger partial charge in [-0.05, 0) is 84.4 Å². The van der Waals surface area contributed by atoms with Crippen LogP contribution in [0.2, 0.25) is 5.02 Å². The second-order valence-corrected chi connectivity index (χ2v) is 8.70. The molecular weight excluding hydrogens is 474 g/mol. The fourth-order valence-electron chi connectivity index (χ4n) is 3.33. The number of carbonyl (C=O) groups is 2. The van der Waals surface area contributed by atoms with Crippen molar-refractivity contribution in [1.29, 1.82) is 0 Å². The molecule has 1 aliphatic heterocycles. The molecule has 4 rings (SSSR count). The van der Waals surface area contributed by atoms with Crippen LogP contribution in [0, 0.1) is 0 Å². The molecule has 0 radical (unpaired) electrons. The number of anilines is 1. The minimum atomic E-state index is -0.374. The first kappa shape index (κ1) is 23.7. The van der Waals surface area contributed by atoms with Crippen molar-refractivity contribution >= 4 is 46.3 Å². The summed E-state index contributed by atoms with van der Waals surface area (Å²) in [5.74, 6) is 1.39. The first-order valence-corrected chi connectivity index (χ1v) is 11.7. The number of nitrogens with zero attached hydrogens (tertiary/aromatic N) is 1. The molecular formula is C26H22ClNO5S. The quantitative estimate of drug-likeness (QED) is 0.329. The Labute approximate surface area is 207 Å². The van der Waals surface area contributed by atoms with Gasteiger partial charge in [-0.3, -0.25) is 9.59 Å². The lowest BCUT2D eigenvalue weighted by molar-refractivity contribution is -0.113. The van der Waals surface area contributed by atoms with Crippen molar-refractivity contribution in [3.8, 4) is 17.2 Å². The molecule has 0 N–H and O–H groups in total. The predicted octanol–water partition coefficient (Wildman–Crippen LogP) is 6.57. The smallest absolute Gasteiger partial charge is 0.298 e. The molecule has 0 saturated carbocycles. The maximum Gasteiger partial charge on any atom is 0.298 e. The maximum atomic E-state index is 13.0. The minimum absolute atomic E-state index is 0.329. The molecule has 3 aromatic carbocycles. The first-order chi connectivity index (χ1) is 16.5. The van der Waals surface area contributed by atoms with Crippen molar-refractivity contribution < 1.29 is 23.8 Å². The maximum absolute atomic E-state index is 13.0. The molecule has 0 atom stereocenters. The molecule has 1 aliphatic rings. The van der Waals surface area contributed by atoms with Crippen LogP contribution in [0.3, 0.4) is 0 Å². The molecule has 0 aliphatic carbocycles. The van der Waals surface area contributed by atoms with E-state index in [2.05, 4.69) is 0 Å². The average molecular weight is 496 g/mol. The standard InChI is InChI=1S/C26H22ClNO5S/c1-3-32-21-11-9-20(10-12-21)28-25(29)24(34-26(28)30)15-18-6-13-22(23(14-18)31-2)33-16-17-4-7-19(27)8-5-17/h4-15H,3,16H2,1-2H3/b24-15-. The van der Waals surface area contributed by atoms with Crippen molar-refractivity contribution in [2.24, 2.45) is 0 Å². The predicted molar refractivity (Wildman–Crippen MR) is 135 cm³/mol. The number of methoxy groups -OCH3 is 1. The van der Waals surface area contributed by atoms with Gasteiger partial charge in [0.1, 0.15) is 12.4 Å². The van der Waals surface area contributed by atoms with Crippen LogP contribution in [0.1, 0.15) is 18.1 Å². The zero-order chi connectivity index (χ0) is 24.1. The Hall–Kier alpha value is -3.42. The number of hydrogen-bond donors (Lipinski definition) is 0. The molecule has 0 aromatic heterocycles. The van der Waals surface area contributed by atoms with Crippen LogP contribution in [0.4, 0.5) is 10.5 Å². The summed E-state index contributed by atoms with van der Waals surface area (Å²) in [5, 5.41) is 0.313. The highest BCUT2D eigenvalue weighted by Crippen LogP contribution is 2.37. The van der Waals surface area contributed by atoms with E-state index in [1.165, 1.54) is 0 Å². The number of ether oxygens (including phenoxy) is 3. The summed E-state index contributed by atoms with van der Waals surface area (Å²) in [4.78, 5) is 27.0. The number of carbonyl (C=O) groups excluding carboxylic acids is 2. The first-order valence-electron chi connectivity index (χ1n) is 10.5. The lowest BCUT2D eigenvalue weighted by Crippen LogP contribution is -2.27. The molecule has 8 heteroatoms. The van der Waals surface area contributed by atoms with Gasteiger partial charge in [0.05, 0.1) is 24.3 Å². The number of thioether (sulfide) groups is 1. The summed E-state index contributed by atoms with van der Waals surface area (Å²) in [6, 6.07) is 19.6. The lowest BCUT2D eigenvalue weighted by Gasteiger charge is -2.13. The zero-order valence-corrected chi connectivity index (χ0v) is 20.2. The second-order valence-electron chi connectivity index (χ2n) is 7.27. The Morgan fingerprint density at radius 3 is 2.35 bits per heavy atom. The third-order valence-electron chi connectivity index (χ3n) is 4.99. The SMILES string of the molecule is CCOc1ccc(N2C(=O)S/C(=C\c3ccc(OCc4ccc(Cl)cc4)c(OC)c3)C2=O)cc1. The largest absolute Gasteiger partial charge is 0.494 e. The Bertz CT molecular complexity index is 1220. The van der Waals surface area contributed by atoms with Crippen molar-refractivity contribution in [1.82, 2.24) is 0 Å². The van der Waals surface area contributed by atoms with Crippen molar-refractivity contribution in [2.45, 2.75) is 13.5 Å². The Balaban J connectivity index is 1.50. The van der Waals surface area contributed by atoms with Gasteiger partial charge in [-0.25, -0.2) is 4.90 Å².